The summed E-state index contributed by atoms with van der Waals surface area (Å²) in [5.74, 6) is -0.347. The van der Waals surface area contributed by atoms with Gasteiger partial charge in [0.1, 0.15) is 0 Å². The third kappa shape index (κ3) is 2.30. The maximum atomic E-state index is 12.2. The topological polar surface area (TPSA) is 62.3 Å². The van der Waals surface area contributed by atoms with E-state index in [0.717, 1.165) is 10.7 Å². The van der Waals surface area contributed by atoms with Crippen LogP contribution in [0.3, 0.4) is 0 Å². The van der Waals surface area contributed by atoms with Crippen molar-refractivity contribution in [3.8, 4) is 0 Å². The SMILES string of the molecule is Cc1nc(CN2C(=O)CNC(=O)c3ccccc32)cs1. The third-order valence-corrected chi connectivity index (χ3v) is 3.95. The Morgan fingerprint density at radius 2 is 2.15 bits per heavy atom. The quantitative estimate of drug-likeness (QED) is 0.915. The molecule has 0 aliphatic carbocycles. The number of rotatable bonds is 2. The van der Waals surface area contributed by atoms with Gasteiger partial charge < -0.3 is 10.2 Å². The van der Waals surface area contributed by atoms with Crippen LogP contribution in [0.25, 0.3) is 0 Å². The molecule has 2 amide bonds. The molecular formula is C14H13N3O2S. The number of thiazole rings is 1. The fourth-order valence-electron chi connectivity index (χ4n) is 2.20. The van der Waals surface area contributed by atoms with Gasteiger partial charge in [-0.1, -0.05) is 12.1 Å². The third-order valence-electron chi connectivity index (χ3n) is 3.13. The van der Waals surface area contributed by atoms with Gasteiger partial charge in [-0.05, 0) is 19.1 Å². The number of nitrogens with one attached hydrogen (secondary N) is 1. The molecule has 102 valence electrons. The normalized spacial score (nSPS) is 14.8. The molecule has 5 nitrogen and oxygen atoms in total. The Morgan fingerprint density at radius 3 is 2.90 bits per heavy atom. The molecule has 1 aliphatic rings. The second-order valence-corrected chi connectivity index (χ2v) is 5.60. The molecule has 3 rings (SSSR count). The highest BCUT2D eigenvalue weighted by Gasteiger charge is 2.26. The monoisotopic (exact) mass is 287 g/mol. The van der Waals surface area contributed by atoms with Gasteiger partial charge >= 0.3 is 0 Å². The van der Waals surface area contributed by atoms with Crippen molar-refractivity contribution in [1.29, 1.82) is 0 Å². The van der Waals surface area contributed by atoms with Gasteiger partial charge in [-0.3, -0.25) is 9.59 Å². The molecule has 0 saturated carbocycles. The van der Waals surface area contributed by atoms with Crippen LogP contribution in [0.2, 0.25) is 0 Å². The van der Waals surface area contributed by atoms with Crippen LogP contribution in [0.5, 0.6) is 0 Å². The second kappa shape index (κ2) is 5.05. The van der Waals surface area contributed by atoms with E-state index in [1.54, 1.807) is 34.4 Å². The van der Waals surface area contributed by atoms with Gasteiger partial charge in [0, 0.05) is 5.38 Å². The summed E-state index contributed by atoms with van der Waals surface area (Å²) in [6.07, 6.45) is 0. The van der Waals surface area contributed by atoms with Crippen LogP contribution in [0.15, 0.2) is 29.6 Å². The zero-order chi connectivity index (χ0) is 14.1. The lowest BCUT2D eigenvalue weighted by Gasteiger charge is -2.21. The van der Waals surface area contributed by atoms with Gasteiger partial charge in [0.15, 0.2) is 0 Å². The fourth-order valence-corrected chi connectivity index (χ4v) is 2.80. The van der Waals surface area contributed by atoms with Crippen LogP contribution in [-0.2, 0) is 11.3 Å². The zero-order valence-electron chi connectivity index (χ0n) is 10.9. The Balaban J connectivity index is 2.01. The first-order chi connectivity index (χ1) is 9.65. The van der Waals surface area contributed by atoms with E-state index in [0.29, 0.717) is 17.8 Å². The minimum atomic E-state index is -0.217. The number of aryl methyl sites for hydroxylation is 1. The maximum absolute atomic E-state index is 12.2. The van der Waals surface area contributed by atoms with E-state index in [1.807, 2.05) is 18.4 Å². The van der Waals surface area contributed by atoms with Gasteiger partial charge in [0.05, 0.1) is 35.0 Å². The second-order valence-electron chi connectivity index (χ2n) is 4.54. The minimum Gasteiger partial charge on any atom is -0.343 e. The van der Waals surface area contributed by atoms with Crippen molar-refractivity contribution >= 4 is 28.8 Å². The standard InChI is InChI=1S/C14H13N3O2S/c1-9-16-10(8-20-9)7-17-12-5-3-2-4-11(12)14(19)15-6-13(17)18/h2-5,8H,6-7H2,1H3,(H,15,19). The van der Waals surface area contributed by atoms with Gasteiger partial charge in [-0.25, -0.2) is 4.98 Å². The highest BCUT2D eigenvalue weighted by atomic mass is 32.1. The molecule has 0 saturated heterocycles. The van der Waals surface area contributed by atoms with Crippen molar-refractivity contribution in [2.45, 2.75) is 13.5 Å². The van der Waals surface area contributed by atoms with Crippen LogP contribution >= 0.6 is 11.3 Å². The summed E-state index contributed by atoms with van der Waals surface area (Å²) < 4.78 is 0. The first-order valence-corrected chi connectivity index (χ1v) is 7.12. The Bertz CT molecular complexity index is 681. The minimum absolute atomic E-state index is 0.0105. The number of aromatic nitrogens is 1. The molecule has 0 atom stereocenters. The molecule has 1 N–H and O–H groups in total. The molecule has 1 aromatic heterocycles. The van der Waals surface area contributed by atoms with Gasteiger partial charge in [0.25, 0.3) is 5.91 Å². The van der Waals surface area contributed by atoms with Crippen LogP contribution in [-0.4, -0.2) is 23.3 Å². The molecule has 20 heavy (non-hydrogen) atoms. The van der Waals surface area contributed by atoms with Gasteiger partial charge in [0.2, 0.25) is 5.91 Å². The Labute approximate surface area is 120 Å². The predicted molar refractivity (Wildman–Crippen MR) is 76.8 cm³/mol. The summed E-state index contributed by atoms with van der Waals surface area (Å²) in [6.45, 7) is 2.32. The molecule has 0 radical (unpaired) electrons. The van der Waals surface area contributed by atoms with E-state index in [9.17, 15) is 9.59 Å². The van der Waals surface area contributed by atoms with Crippen molar-refractivity contribution in [2.75, 3.05) is 11.4 Å². The molecule has 1 aliphatic heterocycles. The van der Waals surface area contributed by atoms with Crippen LogP contribution < -0.4 is 10.2 Å². The molecule has 0 fully saturated rings. The predicted octanol–water partition coefficient (Wildman–Crippen LogP) is 1.73. The van der Waals surface area contributed by atoms with E-state index in [2.05, 4.69) is 10.3 Å². The number of fused-ring (bicyclic) bond motifs is 1. The molecule has 0 spiro atoms. The first kappa shape index (κ1) is 12.8. The number of para-hydroxylation sites is 1. The van der Waals surface area contributed by atoms with Crippen molar-refractivity contribution < 1.29 is 9.59 Å². The zero-order valence-corrected chi connectivity index (χ0v) is 11.7. The summed E-state index contributed by atoms with van der Waals surface area (Å²) in [5, 5.41) is 5.52. The Morgan fingerprint density at radius 1 is 1.35 bits per heavy atom. The van der Waals surface area contributed by atoms with E-state index in [-0.39, 0.29) is 18.4 Å². The average Bonchev–Trinajstić information content (AvgIpc) is 2.82. The average molecular weight is 287 g/mol. The van der Waals surface area contributed by atoms with Crippen LogP contribution in [0.1, 0.15) is 21.1 Å². The smallest absolute Gasteiger partial charge is 0.253 e. The largest absolute Gasteiger partial charge is 0.343 e. The lowest BCUT2D eigenvalue weighted by molar-refractivity contribution is -0.117. The van der Waals surface area contributed by atoms with E-state index in [4.69, 9.17) is 0 Å². The summed E-state index contributed by atoms with van der Waals surface area (Å²) in [5.41, 5.74) is 1.99. The highest BCUT2D eigenvalue weighted by Crippen LogP contribution is 2.24. The van der Waals surface area contributed by atoms with Crippen molar-refractivity contribution in [2.24, 2.45) is 0 Å². The molecular weight excluding hydrogens is 274 g/mol. The van der Waals surface area contributed by atoms with Crippen molar-refractivity contribution in [3.63, 3.8) is 0 Å². The van der Waals surface area contributed by atoms with Crippen LogP contribution in [0, 0.1) is 6.92 Å². The fraction of sp³-hybridized carbons (Fsp3) is 0.214. The first-order valence-electron chi connectivity index (χ1n) is 6.24. The maximum Gasteiger partial charge on any atom is 0.253 e. The Kier molecular flexibility index (Phi) is 3.23. The molecule has 0 unspecified atom stereocenters. The highest BCUT2D eigenvalue weighted by molar-refractivity contribution is 7.09. The molecule has 2 heterocycles. The number of benzene rings is 1. The number of hydrogen-bond acceptors (Lipinski definition) is 4. The number of nitrogens with zero attached hydrogens (tertiary/aromatic N) is 2. The summed E-state index contributed by atoms with van der Waals surface area (Å²) in [7, 11) is 0. The number of amides is 2. The number of carbonyl (C=O) groups excluding carboxylic acids is 2. The number of carbonyl (C=O) groups is 2. The van der Waals surface area contributed by atoms with E-state index < -0.39 is 0 Å². The summed E-state index contributed by atoms with van der Waals surface area (Å²) >= 11 is 1.55. The van der Waals surface area contributed by atoms with Crippen molar-refractivity contribution in [3.05, 3.63) is 45.9 Å². The lowest BCUT2D eigenvalue weighted by atomic mass is 10.1. The number of hydrogen-bond donors (Lipinski definition) is 1. The summed E-state index contributed by atoms with van der Waals surface area (Å²) in [6, 6.07) is 7.13. The van der Waals surface area contributed by atoms with Crippen molar-refractivity contribution in [1.82, 2.24) is 10.3 Å². The van der Waals surface area contributed by atoms with Gasteiger partial charge in [-0.2, -0.15) is 0 Å². The molecule has 0 bridgehead atoms. The lowest BCUT2D eigenvalue weighted by Crippen LogP contribution is -2.36. The van der Waals surface area contributed by atoms with E-state index >= 15 is 0 Å². The Hall–Kier alpha value is -2.21. The molecule has 2 aromatic rings. The van der Waals surface area contributed by atoms with Crippen LogP contribution in [0.4, 0.5) is 5.69 Å². The number of anilines is 1. The van der Waals surface area contributed by atoms with Gasteiger partial charge in [-0.15, -0.1) is 11.3 Å². The van der Waals surface area contributed by atoms with E-state index in [1.165, 1.54) is 0 Å². The molecule has 1 aromatic carbocycles. The summed E-state index contributed by atoms with van der Waals surface area (Å²) in [4.78, 5) is 30.2. The molecule has 6 heteroatoms.